The first kappa shape index (κ1) is 14.7. The molecule has 0 unspecified atom stereocenters. The maximum Gasteiger partial charge on any atom is 0.271 e. The lowest BCUT2D eigenvalue weighted by Crippen LogP contribution is -2.25. The third-order valence-electron chi connectivity index (χ3n) is 2.88. The Morgan fingerprint density at radius 2 is 2.05 bits per heavy atom. The van der Waals surface area contributed by atoms with Crippen molar-refractivity contribution in [2.45, 2.75) is 13.5 Å². The molecule has 0 atom stereocenters. The largest absolute Gasteiger partial charge is 0.345 e. The zero-order valence-corrected chi connectivity index (χ0v) is 11.8. The number of nitrogens with zero attached hydrogens (tertiary/aromatic N) is 2. The summed E-state index contributed by atoms with van der Waals surface area (Å²) < 4.78 is 0. The van der Waals surface area contributed by atoms with Crippen molar-refractivity contribution in [1.82, 2.24) is 15.3 Å². The first-order valence-corrected chi connectivity index (χ1v) is 6.55. The van der Waals surface area contributed by atoms with Crippen LogP contribution in [0.1, 0.15) is 27.3 Å². The van der Waals surface area contributed by atoms with Crippen LogP contribution in [0.25, 0.3) is 0 Å². The normalized spacial score (nSPS) is 9.62. The monoisotopic (exact) mass is 280 g/mol. The van der Waals surface area contributed by atoms with Gasteiger partial charge in [0.1, 0.15) is 5.69 Å². The molecular formula is C16H16N4O. The molecule has 0 radical (unpaired) electrons. The van der Waals surface area contributed by atoms with Crippen LogP contribution in [0.5, 0.6) is 0 Å². The molecule has 2 aromatic heterocycles. The Morgan fingerprint density at radius 3 is 2.81 bits per heavy atom. The van der Waals surface area contributed by atoms with Gasteiger partial charge in [-0.1, -0.05) is 17.9 Å². The summed E-state index contributed by atoms with van der Waals surface area (Å²) in [5, 5.41) is 2.81. The lowest BCUT2D eigenvalue weighted by atomic mass is 10.1. The summed E-state index contributed by atoms with van der Waals surface area (Å²) in [6.45, 7) is 2.54. The number of aryl methyl sites for hydroxylation is 1. The predicted molar refractivity (Wildman–Crippen MR) is 80.3 cm³/mol. The van der Waals surface area contributed by atoms with Crippen LogP contribution in [0.15, 0.2) is 36.7 Å². The molecule has 0 aromatic carbocycles. The molecular weight excluding hydrogens is 264 g/mol. The standard InChI is InChI=1S/C16H16N4O/c1-12-5-3-9-18-14(12)11-20-16(21)15-13(6-2-8-17)7-4-10-19-15/h3-5,7,9-10H,8,11,17H2,1H3,(H,20,21). The van der Waals surface area contributed by atoms with Crippen molar-refractivity contribution in [2.24, 2.45) is 5.73 Å². The number of nitrogens with two attached hydrogens (primary N) is 1. The highest BCUT2D eigenvalue weighted by Gasteiger charge is 2.11. The number of aromatic nitrogens is 2. The molecule has 0 saturated heterocycles. The lowest BCUT2D eigenvalue weighted by Gasteiger charge is -2.07. The van der Waals surface area contributed by atoms with E-state index in [4.69, 9.17) is 5.73 Å². The lowest BCUT2D eigenvalue weighted by molar-refractivity contribution is 0.0945. The van der Waals surface area contributed by atoms with Crippen LogP contribution in [-0.4, -0.2) is 22.4 Å². The van der Waals surface area contributed by atoms with Crippen LogP contribution in [-0.2, 0) is 6.54 Å². The van der Waals surface area contributed by atoms with Crippen molar-refractivity contribution in [3.05, 3.63) is 59.2 Å². The summed E-state index contributed by atoms with van der Waals surface area (Å²) in [6.07, 6.45) is 3.27. The van der Waals surface area contributed by atoms with Gasteiger partial charge in [-0.15, -0.1) is 0 Å². The highest BCUT2D eigenvalue weighted by atomic mass is 16.1. The smallest absolute Gasteiger partial charge is 0.271 e. The van der Waals surface area contributed by atoms with Crippen LogP contribution >= 0.6 is 0 Å². The molecule has 5 nitrogen and oxygen atoms in total. The van der Waals surface area contributed by atoms with Gasteiger partial charge in [-0.05, 0) is 30.7 Å². The second kappa shape index (κ2) is 7.17. The fraction of sp³-hybridized carbons (Fsp3) is 0.188. The van der Waals surface area contributed by atoms with Crippen molar-refractivity contribution >= 4 is 5.91 Å². The second-order valence-corrected chi connectivity index (χ2v) is 4.36. The van der Waals surface area contributed by atoms with E-state index in [9.17, 15) is 4.79 Å². The number of nitrogens with one attached hydrogen (secondary N) is 1. The van der Waals surface area contributed by atoms with E-state index in [2.05, 4.69) is 27.1 Å². The van der Waals surface area contributed by atoms with Gasteiger partial charge in [-0.25, -0.2) is 4.98 Å². The van der Waals surface area contributed by atoms with Gasteiger partial charge in [-0.3, -0.25) is 9.78 Å². The fourth-order valence-corrected chi connectivity index (χ4v) is 1.78. The molecule has 3 N–H and O–H groups in total. The van der Waals surface area contributed by atoms with Crippen molar-refractivity contribution in [2.75, 3.05) is 6.54 Å². The number of carbonyl (C=O) groups excluding carboxylic acids is 1. The zero-order valence-electron chi connectivity index (χ0n) is 11.8. The molecule has 0 aliphatic rings. The summed E-state index contributed by atoms with van der Waals surface area (Å²) in [4.78, 5) is 20.5. The van der Waals surface area contributed by atoms with Crippen molar-refractivity contribution < 1.29 is 4.79 Å². The van der Waals surface area contributed by atoms with Crippen LogP contribution in [0.4, 0.5) is 0 Å². The van der Waals surface area contributed by atoms with E-state index in [-0.39, 0.29) is 12.5 Å². The minimum absolute atomic E-state index is 0.239. The van der Waals surface area contributed by atoms with Gasteiger partial charge >= 0.3 is 0 Å². The molecule has 1 amide bonds. The number of amides is 1. The SMILES string of the molecule is Cc1cccnc1CNC(=O)c1ncccc1C#CCN. The maximum absolute atomic E-state index is 12.2. The fourth-order valence-electron chi connectivity index (χ4n) is 1.78. The summed E-state index contributed by atoms with van der Waals surface area (Å²) >= 11 is 0. The van der Waals surface area contributed by atoms with E-state index >= 15 is 0 Å². The summed E-state index contributed by atoms with van der Waals surface area (Å²) in [7, 11) is 0. The molecule has 0 fully saturated rings. The molecule has 0 spiro atoms. The summed E-state index contributed by atoms with van der Waals surface area (Å²) in [6, 6.07) is 7.30. The van der Waals surface area contributed by atoms with Crippen LogP contribution < -0.4 is 11.1 Å². The molecule has 0 aliphatic heterocycles. The van der Waals surface area contributed by atoms with Crippen LogP contribution in [0.3, 0.4) is 0 Å². The zero-order chi connectivity index (χ0) is 15.1. The van der Waals surface area contributed by atoms with E-state index in [1.165, 1.54) is 0 Å². The number of pyridine rings is 2. The molecule has 5 heteroatoms. The molecule has 0 saturated carbocycles. The third kappa shape index (κ3) is 3.88. The Labute approximate surface area is 123 Å². The van der Waals surface area contributed by atoms with E-state index in [0.29, 0.717) is 17.8 Å². The molecule has 21 heavy (non-hydrogen) atoms. The highest BCUT2D eigenvalue weighted by Crippen LogP contribution is 2.06. The van der Waals surface area contributed by atoms with Gasteiger partial charge in [0.25, 0.3) is 5.91 Å². The van der Waals surface area contributed by atoms with E-state index < -0.39 is 0 Å². The minimum atomic E-state index is -0.276. The maximum atomic E-state index is 12.2. The van der Waals surface area contributed by atoms with Gasteiger partial charge in [0, 0.05) is 12.4 Å². The Kier molecular flexibility index (Phi) is 5.02. The van der Waals surface area contributed by atoms with Crippen molar-refractivity contribution in [3.63, 3.8) is 0 Å². The number of hydrogen-bond acceptors (Lipinski definition) is 4. The predicted octanol–water partition coefficient (Wildman–Crippen LogP) is 1.03. The summed E-state index contributed by atoms with van der Waals surface area (Å²) in [5.74, 6) is 5.30. The average molecular weight is 280 g/mol. The van der Waals surface area contributed by atoms with Crippen molar-refractivity contribution in [3.8, 4) is 11.8 Å². The Balaban J connectivity index is 2.12. The second-order valence-electron chi connectivity index (χ2n) is 4.36. The summed E-state index contributed by atoms with van der Waals surface area (Å²) in [5.41, 5.74) is 8.08. The quantitative estimate of drug-likeness (QED) is 0.823. The van der Waals surface area contributed by atoms with E-state index in [1.54, 1.807) is 24.5 Å². The third-order valence-corrected chi connectivity index (χ3v) is 2.88. The van der Waals surface area contributed by atoms with Crippen LogP contribution in [0, 0.1) is 18.8 Å². The van der Waals surface area contributed by atoms with Gasteiger partial charge in [0.15, 0.2) is 0 Å². The van der Waals surface area contributed by atoms with Crippen molar-refractivity contribution in [1.29, 1.82) is 0 Å². The molecule has 2 rings (SSSR count). The highest BCUT2D eigenvalue weighted by molar-refractivity contribution is 5.94. The molecule has 2 aromatic rings. The molecule has 2 heterocycles. The van der Waals surface area contributed by atoms with Gasteiger partial charge in [-0.2, -0.15) is 0 Å². The molecule has 0 aliphatic carbocycles. The van der Waals surface area contributed by atoms with Crippen LogP contribution in [0.2, 0.25) is 0 Å². The Hall–Kier alpha value is -2.71. The van der Waals surface area contributed by atoms with Gasteiger partial charge in [0.05, 0.1) is 24.3 Å². The number of hydrogen-bond donors (Lipinski definition) is 2. The van der Waals surface area contributed by atoms with Gasteiger partial charge in [0.2, 0.25) is 0 Å². The molecule has 106 valence electrons. The first-order chi connectivity index (χ1) is 10.2. The minimum Gasteiger partial charge on any atom is -0.345 e. The number of rotatable bonds is 3. The van der Waals surface area contributed by atoms with E-state index in [0.717, 1.165) is 11.3 Å². The van der Waals surface area contributed by atoms with E-state index in [1.807, 2.05) is 19.1 Å². The average Bonchev–Trinajstić information content (AvgIpc) is 2.52. The Bertz CT molecular complexity index is 701. The Morgan fingerprint density at radius 1 is 1.29 bits per heavy atom. The van der Waals surface area contributed by atoms with Gasteiger partial charge < -0.3 is 11.1 Å². The molecule has 0 bridgehead atoms. The first-order valence-electron chi connectivity index (χ1n) is 6.55. The number of carbonyl (C=O) groups is 1. The topological polar surface area (TPSA) is 80.9 Å².